The van der Waals surface area contributed by atoms with Crippen molar-refractivity contribution in [3.05, 3.63) is 29.6 Å². The number of aromatic nitrogens is 1. The zero-order valence-electron chi connectivity index (χ0n) is 10.4. The third-order valence-corrected chi connectivity index (χ3v) is 3.62. The van der Waals surface area contributed by atoms with Gasteiger partial charge in [-0.05, 0) is 31.4 Å². The van der Waals surface area contributed by atoms with Gasteiger partial charge in [-0.15, -0.1) is 0 Å². The van der Waals surface area contributed by atoms with Crippen molar-refractivity contribution in [2.24, 2.45) is 11.7 Å². The van der Waals surface area contributed by atoms with Crippen molar-refractivity contribution in [2.75, 3.05) is 13.1 Å². The zero-order valence-corrected chi connectivity index (χ0v) is 10.4. The van der Waals surface area contributed by atoms with Crippen LogP contribution in [0.2, 0.25) is 0 Å². The summed E-state index contributed by atoms with van der Waals surface area (Å²) in [5.74, 6) is 0.552. The molecular weight excluding hydrogens is 214 g/mol. The number of nitrogens with zero attached hydrogens (tertiary/aromatic N) is 2. The Labute approximate surface area is 102 Å². The van der Waals surface area contributed by atoms with Crippen LogP contribution < -0.4 is 5.73 Å². The van der Waals surface area contributed by atoms with Gasteiger partial charge in [0.2, 0.25) is 0 Å². The Morgan fingerprint density at radius 1 is 1.65 bits per heavy atom. The number of pyridine rings is 1. The molecule has 0 aliphatic carbocycles. The van der Waals surface area contributed by atoms with E-state index in [0.717, 1.165) is 18.7 Å². The normalized spacial score (nSPS) is 24.1. The Hall–Kier alpha value is -1.42. The van der Waals surface area contributed by atoms with Crippen LogP contribution in [0.3, 0.4) is 0 Å². The molecule has 92 valence electrons. The maximum absolute atomic E-state index is 12.4. The van der Waals surface area contributed by atoms with Gasteiger partial charge in [-0.2, -0.15) is 0 Å². The molecule has 4 heteroatoms. The predicted octanol–water partition coefficient (Wildman–Crippen LogP) is 1.20. The molecule has 2 rings (SSSR count). The lowest BCUT2D eigenvalue weighted by Crippen LogP contribution is -2.42. The Morgan fingerprint density at radius 3 is 3.06 bits per heavy atom. The first-order valence-corrected chi connectivity index (χ1v) is 6.07. The average molecular weight is 233 g/mol. The van der Waals surface area contributed by atoms with Gasteiger partial charge in [-0.3, -0.25) is 9.78 Å². The molecule has 2 unspecified atom stereocenters. The summed E-state index contributed by atoms with van der Waals surface area (Å²) in [4.78, 5) is 18.5. The molecule has 4 nitrogen and oxygen atoms in total. The van der Waals surface area contributed by atoms with Gasteiger partial charge in [0.15, 0.2) is 0 Å². The van der Waals surface area contributed by atoms with Gasteiger partial charge < -0.3 is 10.6 Å². The van der Waals surface area contributed by atoms with Crippen molar-refractivity contribution in [3.63, 3.8) is 0 Å². The van der Waals surface area contributed by atoms with Gasteiger partial charge in [0.25, 0.3) is 5.91 Å². The highest BCUT2D eigenvalue weighted by Crippen LogP contribution is 2.25. The van der Waals surface area contributed by atoms with Gasteiger partial charge in [0.05, 0.1) is 5.56 Å². The van der Waals surface area contributed by atoms with Crippen LogP contribution in [-0.4, -0.2) is 34.9 Å². The standard InChI is InChI=1S/C13H19N3O/c1-9-5-7-16(12(9)8-14)13(17)11-4-3-6-15-10(11)2/h3-4,6,9,12H,5,7-8,14H2,1-2H3. The van der Waals surface area contributed by atoms with E-state index >= 15 is 0 Å². The van der Waals surface area contributed by atoms with Crippen LogP contribution in [0.4, 0.5) is 0 Å². The third kappa shape index (κ3) is 2.17. The molecule has 2 heterocycles. The average Bonchev–Trinajstić information content (AvgIpc) is 2.70. The Bertz CT molecular complexity index is 419. The van der Waals surface area contributed by atoms with E-state index in [1.165, 1.54) is 0 Å². The molecule has 1 aromatic heterocycles. The monoisotopic (exact) mass is 233 g/mol. The van der Waals surface area contributed by atoms with Crippen LogP contribution in [-0.2, 0) is 0 Å². The minimum atomic E-state index is 0.0652. The quantitative estimate of drug-likeness (QED) is 0.835. The Balaban J connectivity index is 2.24. The molecular formula is C13H19N3O. The van der Waals surface area contributed by atoms with Crippen LogP contribution in [0.15, 0.2) is 18.3 Å². The first kappa shape index (κ1) is 12.0. The maximum atomic E-state index is 12.4. The van der Waals surface area contributed by atoms with Crippen molar-refractivity contribution in [3.8, 4) is 0 Å². The molecule has 1 amide bonds. The molecule has 0 aromatic carbocycles. The molecule has 0 radical (unpaired) electrons. The number of aryl methyl sites for hydroxylation is 1. The highest BCUT2D eigenvalue weighted by Gasteiger charge is 2.34. The van der Waals surface area contributed by atoms with Crippen LogP contribution in [0.25, 0.3) is 0 Å². The number of rotatable bonds is 2. The largest absolute Gasteiger partial charge is 0.334 e. The lowest BCUT2D eigenvalue weighted by atomic mass is 10.0. The summed E-state index contributed by atoms with van der Waals surface area (Å²) >= 11 is 0. The van der Waals surface area contributed by atoms with Crippen LogP contribution in [0.1, 0.15) is 29.4 Å². The fraction of sp³-hybridized carbons (Fsp3) is 0.538. The summed E-state index contributed by atoms with van der Waals surface area (Å²) in [5, 5.41) is 0. The molecule has 17 heavy (non-hydrogen) atoms. The first-order chi connectivity index (χ1) is 8.15. The molecule has 1 aromatic rings. The van der Waals surface area contributed by atoms with Crippen molar-refractivity contribution in [2.45, 2.75) is 26.3 Å². The lowest BCUT2D eigenvalue weighted by Gasteiger charge is -2.26. The van der Waals surface area contributed by atoms with Gasteiger partial charge >= 0.3 is 0 Å². The van der Waals surface area contributed by atoms with Gasteiger partial charge in [-0.25, -0.2) is 0 Å². The topological polar surface area (TPSA) is 59.2 Å². The smallest absolute Gasteiger partial charge is 0.255 e. The predicted molar refractivity (Wildman–Crippen MR) is 66.6 cm³/mol. The summed E-state index contributed by atoms with van der Waals surface area (Å²) in [6.07, 6.45) is 2.74. The summed E-state index contributed by atoms with van der Waals surface area (Å²) in [6.45, 7) is 5.35. The summed E-state index contributed by atoms with van der Waals surface area (Å²) < 4.78 is 0. The van der Waals surface area contributed by atoms with Crippen molar-refractivity contribution in [1.29, 1.82) is 0 Å². The van der Waals surface area contributed by atoms with E-state index in [0.29, 0.717) is 18.0 Å². The Morgan fingerprint density at radius 2 is 2.41 bits per heavy atom. The minimum absolute atomic E-state index is 0.0652. The molecule has 0 bridgehead atoms. The molecule has 2 N–H and O–H groups in total. The highest BCUT2D eigenvalue weighted by atomic mass is 16.2. The highest BCUT2D eigenvalue weighted by molar-refractivity contribution is 5.95. The summed E-state index contributed by atoms with van der Waals surface area (Å²) in [7, 11) is 0. The van der Waals surface area contributed by atoms with E-state index in [2.05, 4.69) is 11.9 Å². The number of carbonyl (C=O) groups excluding carboxylic acids is 1. The second kappa shape index (κ2) is 4.84. The van der Waals surface area contributed by atoms with Crippen molar-refractivity contribution in [1.82, 2.24) is 9.88 Å². The fourth-order valence-corrected chi connectivity index (χ4v) is 2.48. The second-order valence-corrected chi connectivity index (χ2v) is 4.70. The maximum Gasteiger partial charge on any atom is 0.255 e. The molecule has 0 saturated carbocycles. The Kier molecular flexibility index (Phi) is 3.43. The van der Waals surface area contributed by atoms with Gasteiger partial charge in [-0.1, -0.05) is 6.92 Å². The summed E-state index contributed by atoms with van der Waals surface area (Å²) in [6, 6.07) is 3.81. The molecule has 1 fully saturated rings. The number of amides is 1. The number of nitrogens with two attached hydrogens (primary N) is 1. The van der Waals surface area contributed by atoms with Crippen LogP contribution in [0.5, 0.6) is 0 Å². The van der Waals surface area contributed by atoms with Crippen LogP contribution in [0, 0.1) is 12.8 Å². The number of likely N-dealkylation sites (tertiary alicyclic amines) is 1. The molecule has 1 aliphatic rings. The van der Waals surface area contributed by atoms with E-state index < -0.39 is 0 Å². The summed E-state index contributed by atoms with van der Waals surface area (Å²) in [5.41, 5.74) is 7.24. The molecule has 0 spiro atoms. The molecule has 1 aliphatic heterocycles. The van der Waals surface area contributed by atoms with Crippen molar-refractivity contribution < 1.29 is 4.79 Å². The molecule has 1 saturated heterocycles. The van der Waals surface area contributed by atoms with E-state index in [-0.39, 0.29) is 11.9 Å². The third-order valence-electron chi connectivity index (χ3n) is 3.62. The zero-order chi connectivity index (χ0) is 12.4. The van der Waals surface area contributed by atoms with E-state index in [4.69, 9.17) is 5.73 Å². The van der Waals surface area contributed by atoms with E-state index in [9.17, 15) is 4.79 Å². The van der Waals surface area contributed by atoms with E-state index in [1.807, 2.05) is 17.9 Å². The first-order valence-electron chi connectivity index (χ1n) is 6.07. The number of hydrogen-bond donors (Lipinski definition) is 1. The van der Waals surface area contributed by atoms with Gasteiger partial charge in [0.1, 0.15) is 0 Å². The van der Waals surface area contributed by atoms with Crippen molar-refractivity contribution >= 4 is 5.91 Å². The van der Waals surface area contributed by atoms with E-state index in [1.54, 1.807) is 12.3 Å². The number of hydrogen-bond acceptors (Lipinski definition) is 3. The molecule has 2 atom stereocenters. The lowest BCUT2D eigenvalue weighted by molar-refractivity contribution is 0.0726. The number of carbonyl (C=O) groups is 1. The SMILES string of the molecule is Cc1ncccc1C(=O)N1CCC(C)C1CN. The van der Waals surface area contributed by atoms with Crippen LogP contribution >= 0.6 is 0 Å². The fourth-order valence-electron chi connectivity index (χ4n) is 2.48. The minimum Gasteiger partial charge on any atom is -0.334 e. The van der Waals surface area contributed by atoms with Gasteiger partial charge in [0, 0.05) is 31.0 Å². The second-order valence-electron chi connectivity index (χ2n) is 4.70.